The fourth-order valence-electron chi connectivity index (χ4n) is 3.80. The molecule has 1 saturated heterocycles. The summed E-state index contributed by atoms with van der Waals surface area (Å²) in [6.07, 6.45) is 2.33. The van der Waals surface area contributed by atoms with Crippen molar-refractivity contribution in [2.24, 2.45) is 0 Å². The predicted molar refractivity (Wildman–Crippen MR) is 112 cm³/mol. The molecule has 3 aromatic rings. The molecule has 5 rings (SSSR count). The number of benzene rings is 1. The summed E-state index contributed by atoms with van der Waals surface area (Å²) in [5.74, 6) is 1.08. The van der Waals surface area contributed by atoms with E-state index in [4.69, 9.17) is 18.9 Å². The lowest BCUT2D eigenvalue weighted by Gasteiger charge is -2.24. The zero-order valence-corrected chi connectivity index (χ0v) is 17.0. The number of pyridine rings is 1. The standard InChI is InChI=1S/C23H23N3O5/c27-23-25-22(31-15-19-14-28-9-10-29-19)12-21-20-5-4-18(11-16(20)6-8-26(21)23)30-13-17-3-1-2-7-24-17/h1-5,7,11-12,19H,6,8-10,13-15H2. The van der Waals surface area contributed by atoms with Crippen LogP contribution >= 0.6 is 0 Å². The molecule has 1 unspecified atom stereocenters. The molecule has 31 heavy (non-hydrogen) atoms. The normalized spacial score (nSPS) is 17.5. The number of nitrogens with zero attached hydrogens (tertiary/aromatic N) is 3. The lowest BCUT2D eigenvalue weighted by Crippen LogP contribution is -2.34. The van der Waals surface area contributed by atoms with Crippen molar-refractivity contribution in [3.8, 4) is 22.9 Å². The molecular formula is C23H23N3O5. The summed E-state index contributed by atoms with van der Waals surface area (Å²) in [7, 11) is 0. The lowest BCUT2D eigenvalue weighted by molar-refractivity contribution is -0.102. The molecule has 8 nitrogen and oxygen atoms in total. The topological polar surface area (TPSA) is 84.7 Å². The second-order valence-corrected chi connectivity index (χ2v) is 7.47. The zero-order valence-electron chi connectivity index (χ0n) is 17.0. The van der Waals surface area contributed by atoms with Gasteiger partial charge in [0.15, 0.2) is 0 Å². The van der Waals surface area contributed by atoms with Crippen molar-refractivity contribution >= 4 is 0 Å². The maximum Gasteiger partial charge on any atom is 0.351 e. The molecule has 0 saturated carbocycles. The van der Waals surface area contributed by atoms with Gasteiger partial charge in [-0.05, 0) is 42.3 Å². The van der Waals surface area contributed by atoms with Crippen molar-refractivity contribution in [3.63, 3.8) is 0 Å². The van der Waals surface area contributed by atoms with E-state index in [-0.39, 0.29) is 11.8 Å². The van der Waals surface area contributed by atoms with Crippen LogP contribution in [0.3, 0.4) is 0 Å². The molecule has 1 atom stereocenters. The van der Waals surface area contributed by atoms with Crippen molar-refractivity contribution in [3.05, 3.63) is 70.4 Å². The van der Waals surface area contributed by atoms with Crippen LogP contribution in [-0.4, -0.2) is 47.1 Å². The molecule has 8 heteroatoms. The van der Waals surface area contributed by atoms with Crippen molar-refractivity contribution in [1.82, 2.24) is 14.5 Å². The van der Waals surface area contributed by atoms with Crippen LogP contribution in [-0.2, 0) is 29.0 Å². The molecule has 2 aliphatic heterocycles. The Bertz CT molecular complexity index is 1110. The number of fused-ring (bicyclic) bond motifs is 3. The molecule has 0 amide bonds. The fraction of sp³-hybridized carbons (Fsp3) is 0.348. The van der Waals surface area contributed by atoms with Crippen LogP contribution in [0.1, 0.15) is 11.3 Å². The number of hydrogen-bond donors (Lipinski definition) is 0. The number of ether oxygens (including phenoxy) is 4. The molecule has 0 bridgehead atoms. The van der Waals surface area contributed by atoms with Crippen LogP contribution in [0.2, 0.25) is 0 Å². The number of aryl methyl sites for hydroxylation is 1. The molecule has 160 valence electrons. The fourth-order valence-corrected chi connectivity index (χ4v) is 3.80. The third kappa shape index (κ3) is 4.45. The van der Waals surface area contributed by atoms with E-state index in [2.05, 4.69) is 9.97 Å². The highest BCUT2D eigenvalue weighted by Crippen LogP contribution is 2.32. The third-order valence-corrected chi connectivity index (χ3v) is 5.36. The minimum atomic E-state index is -0.311. The van der Waals surface area contributed by atoms with E-state index in [0.717, 1.165) is 34.7 Å². The first-order valence-electron chi connectivity index (χ1n) is 10.4. The second kappa shape index (κ2) is 8.87. The van der Waals surface area contributed by atoms with Crippen molar-refractivity contribution in [2.75, 3.05) is 26.4 Å². The average Bonchev–Trinajstić information content (AvgIpc) is 2.82. The number of aromatic nitrogens is 3. The monoisotopic (exact) mass is 421 g/mol. The van der Waals surface area contributed by atoms with Gasteiger partial charge in [-0.25, -0.2) is 4.79 Å². The van der Waals surface area contributed by atoms with Gasteiger partial charge >= 0.3 is 5.69 Å². The van der Waals surface area contributed by atoms with Gasteiger partial charge in [0.05, 0.1) is 31.2 Å². The Kier molecular flexibility index (Phi) is 5.64. The van der Waals surface area contributed by atoms with E-state index in [1.165, 1.54) is 0 Å². The van der Waals surface area contributed by atoms with Gasteiger partial charge in [0, 0.05) is 24.4 Å². The highest BCUT2D eigenvalue weighted by atomic mass is 16.6. The molecule has 2 aromatic heterocycles. The quantitative estimate of drug-likeness (QED) is 0.603. The highest BCUT2D eigenvalue weighted by Gasteiger charge is 2.21. The van der Waals surface area contributed by atoms with Crippen LogP contribution < -0.4 is 15.2 Å². The average molecular weight is 421 g/mol. The van der Waals surface area contributed by atoms with Crippen LogP contribution in [0, 0.1) is 0 Å². The number of rotatable bonds is 6. The summed E-state index contributed by atoms with van der Waals surface area (Å²) in [5, 5.41) is 0. The van der Waals surface area contributed by atoms with Crippen molar-refractivity contribution < 1.29 is 18.9 Å². The third-order valence-electron chi connectivity index (χ3n) is 5.36. The second-order valence-electron chi connectivity index (χ2n) is 7.47. The van der Waals surface area contributed by atoms with Crippen LogP contribution in [0.15, 0.2) is 53.5 Å². The minimum absolute atomic E-state index is 0.152. The van der Waals surface area contributed by atoms with Gasteiger partial charge in [0.2, 0.25) is 5.88 Å². The molecular weight excluding hydrogens is 398 g/mol. The molecule has 1 aromatic carbocycles. The maximum absolute atomic E-state index is 12.6. The molecule has 1 fully saturated rings. The molecule has 4 heterocycles. The van der Waals surface area contributed by atoms with Crippen molar-refractivity contribution in [2.45, 2.75) is 25.7 Å². The Morgan fingerprint density at radius 3 is 2.94 bits per heavy atom. The Morgan fingerprint density at radius 2 is 2.10 bits per heavy atom. The smallest absolute Gasteiger partial charge is 0.351 e. The van der Waals surface area contributed by atoms with Gasteiger partial charge in [-0.1, -0.05) is 6.07 Å². The summed E-state index contributed by atoms with van der Waals surface area (Å²) >= 11 is 0. The van der Waals surface area contributed by atoms with E-state index < -0.39 is 0 Å². The summed E-state index contributed by atoms with van der Waals surface area (Å²) in [6, 6.07) is 13.5. The van der Waals surface area contributed by atoms with Gasteiger partial charge in [-0.2, -0.15) is 4.98 Å². The molecule has 0 spiro atoms. The Labute approximate surface area is 179 Å². The summed E-state index contributed by atoms with van der Waals surface area (Å²) in [4.78, 5) is 20.9. The van der Waals surface area contributed by atoms with Crippen LogP contribution in [0.25, 0.3) is 11.3 Å². The molecule has 2 aliphatic rings. The van der Waals surface area contributed by atoms with E-state index in [1.54, 1.807) is 10.8 Å². The lowest BCUT2D eigenvalue weighted by atomic mass is 9.97. The van der Waals surface area contributed by atoms with Crippen LogP contribution in [0.4, 0.5) is 0 Å². The Morgan fingerprint density at radius 1 is 1.13 bits per heavy atom. The SMILES string of the molecule is O=c1nc(OCC2COCCO2)cc2n1CCc1cc(OCc3ccccn3)ccc1-2. The van der Waals surface area contributed by atoms with E-state index in [0.29, 0.717) is 45.5 Å². The summed E-state index contributed by atoms with van der Waals surface area (Å²) in [5.41, 5.74) is 3.47. The van der Waals surface area contributed by atoms with Crippen LogP contribution in [0.5, 0.6) is 11.6 Å². The van der Waals surface area contributed by atoms with Gasteiger partial charge in [0.1, 0.15) is 25.1 Å². The van der Waals surface area contributed by atoms with E-state index in [1.807, 2.05) is 42.5 Å². The van der Waals surface area contributed by atoms with E-state index in [9.17, 15) is 4.79 Å². The minimum Gasteiger partial charge on any atom is -0.487 e. The van der Waals surface area contributed by atoms with Crippen molar-refractivity contribution in [1.29, 1.82) is 0 Å². The van der Waals surface area contributed by atoms with Gasteiger partial charge in [-0.15, -0.1) is 0 Å². The molecule has 0 radical (unpaired) electrons. The van der Waals surface area contributed by atoms with E-state index >= 15 is 0 Å². The Hall–Kier alpha value is -3.23. The largest absolute Gasteiger partial charge is 0.487 e. The van der Waals surface area contributed by atoms with Gasteiger partial charge < -0.3 is 18.9 Å². The first-order chi connectivity index (χ1) is 15.3. The predicted octanol–water partition coefficient (Wildman–Crippen LogP) is 2.23. The first kappa shape index (κ1) is 19.7. The van der Waals surface area contributed by atoms with Gasteiger partial charge in [-0.3, -0.25) is 9.55 Å². The summed E-state index contributed by atoms with van der Waals surface area (Å²) < 4.78 is 24.3. The highest BCUT2D eigenvalue weighted by molar-refractivity contribution is 5.67. The molecule has 0 N–H and O–H groups in total. The maximum atomic E-state index is 12.6. The summed E-state index contributed by atoms with van der Waals surface area (Å²) in [6.45, 7) is 2.89. The Balaban J connectivity index is 1.34. The molecule has 0 aliphatic carbocycles. The zero-order chi connectivity index (χ0) is 21.0. The first-order valence-corrected chi connectivity index (χ1v) is 10.4. The van der Waals surface area contributed by atoms with Gasteiger partial charge in [0.25, 0.3) is 0 Å². The number of hydrogen-bond acceptors (Lipinski definition) is 7.